The van der Waals surface area contributed by atoms with E-state index in [0.29, 0.717) is 18.5 Å². The largest absolute Gasteiger partial charge is 0.478 e. The number of ether oxygens (including phenoxy) is 1. The molecule has 0 aromatic heterocycles. The van der Waals surface area contributed by atoms with Crippen LogP contribution in [0.5, 0.6) is 0 Å². The van der Waals surface area contributed by atoms with E-state index in [0.717, 1.165) is 0 Å². The second kappa shape index (κ2) is 6.78. The molecule has 1 N–H and O–H groups in total. The molecule has 0 atom stereocenters. The first-order chi connectivity index (χ1) is 8.91. The van der Waals surface area contributed by atoms with Crippen molar-refractivity contribution in [2.24, 2.45) is 0 Å². The zero-order valence-electron chi connectivity index (χ0n) is 11.4. The van der Waals surface area contributed by atoms with Crippen LogP contribution in [-0.2, 0) is 11.2 Å². The Morgan fingerprint density at radius 1 is 1.32 bits per heavy atom. The van der Waals surface area contributed by atoms with E-state index < -0.39 is 12.1 Å². The van der Waals surface area contributed by atoms with Gasteiger partial charge in [0, 0.05) is 13.6 Å². The number of hydrogen-bond acceptors (Lipinski definition) is 3. The van der Waals surface area contributed by atoms with Crippen LogP contribution >= 0.6 is 0 Å². The summed E-state index contributed by atoms with van der Waals surface area (Å²) in [6.07, 6.45) is -0.0873. The summed E-state index contributed by atoms with van der Waals surface area (Å²) in [5.41, 5.74) is 0.979. The summed E-state index contributed by atoms with van der Waals surface area (Å²) >= 11 is 0. The number of carbonyl (C=O) groups is 2. The monoisotopic (exact) mass is 265 g/mol. The molecule has 19 heavy (non-hydrogen) atoms. The SMILES string of the molecule is CC(C)OC(=O)N(C)CCc1ccccc1C(=O)O. The summed E-state index contributed by atoms with van der Waals surface area (Å²) in [6.45, 7) is 3.98. The topological polar surface area (TPSA) is 66.8 Å². The Kier molecular flexibility index (Phi) is 5.36. The number of likely N-dealkylation sites (N-methyl/N-ethyl adjacent to an activating group) is 1. The van der Waals surface area contributed by atoms with Gasteiger partial charge in [-0.05, 0) is 31.9 Å². The summed E-state index contributed by atoms with van der Waals surface area (Å²) < 4.78 is 5.05. The van der Waals surface area contributed by atoms with Gasteiger partial charge in [-0.3, -0.25) is 0 Å². The molecular formula is C14H19NO4. The lowest BCUT2D eigenvalue weighted by molar-refractivity contribution is 0.0695. The summed E-state index contributed by atoms with van der Waals surface area (Å²) in [5, 5.41) is 9.05. The van der Waals surface area contributed by atoms with E-state index in [1.165, 1.54) is 4.90 Å². The lowest BCUT2D eigenvalue weighted by Gasteiger charge is -2.19. The van der Waals surface area contributed by atoms with Crippen LogP contribution < -0.4 is 0 Å². The summed E-state index contributed by atoms with van der Waals surface area (Å²) in [7, 11) is 1.63. The zero-order valence-corrected chi connectivity index (χ0v) is 11.4. The van der Waals surface area contributed by atoms with Crippen molar-refractivity contribution in [2.75, 3.05) is 13.6 Å². The van der Waals surface area contributed by atoms with Crippen molar-refractivity contribution in [1.29, 1.82) is 0 Å². The first-order valence-corrected chi connectivity index (χ1v) is 6.14. The predicted octanol–water partition coefficient (Wildman–Crippen LogP) is 2.40. The Morgan fingerprint density at radius 3 is 2.53 bits per heavy atom. The van der Waals surface area contributed by atoms with Crippen molar-refractivity contribution < 1.29 is 19.4 Å². The zero-order chi connectivity index (χ0) is 14.4. The number of hydrogen-bond donors (Lipinski definition) is 1. The van der Waals surface area contributed by atoms with Crippen LogP contribution in [-0.4, -0.2) is 41.8 Å². The third-order valence-corrected chi connectivity index (χ3v) is 2.61. The van der Waals surface area contributed by atoms with Gasteiger partial charge in [-0.15, -0.1) is 0 Å². The van der Waals surface area contributed by atoms with E-state index in [4.69, 9.17) is 9.84 Å². The van der Waals surface area contributed by atoms with E-state index in [1.54, 1.807) is 45.2 Å². The molecule has 0 aliphatic carbocycles. The Balaban J connectivity index is 2.62. The molecule has 1 aromatic rings. The third-order valence-electron chi connectivity index (χ3n) is 2.61. The molecule has 0 radical (unpaired) electrons. The molecule has 0 aliphatic heterocycles. The average Bonchev–Trinajstić information content (AvgIpc) is 2.35. The predicted molar refractivity (Wildman–Crippen MR) is 71.4 cm³/mol. The van der Waals surface area contributed by atoms with Crippen molar-refractivity contribution in [2.45, 2.75) is 26.4 Å². The number of benzene rings is 1. The van der Waals surface area contributed by atoms with E-state index in [-0.39, 0.29) is 11.7 Å². The summed E-state index contributed by atoms with van der Waals surface area (Å²) in [6, 6.07) is 6.78. The van der Waals surface area contributed by atoms with Crippen LogP contribution in [0.1, 0.15) is 29.8 Å². The van der Waals surface area contributed by atoms with Gasteiger partial charge >= 0.3 is 12.1 Å². The van der Waals surface area contributed by atoms with Gasteiger partial charge in [0.15, 0.2) is 0 Å². The van der Waals surface area contributed by atoms with Crippen molar-refractivity contribution in [3.05, 3.63) is 35.4 Å². The van der Waals surface area contributed by atoms with Crippen molar-refractivity contribution in [3.63, 3.8) is 0 Å². The number of carboxylic acid groups (broad SMARTS) is 1. The van der Waals surface area contributed by atoms with Crippen LogP contribution in [0.3, 0.4) is 0 Å². The standard InChI is InChI=1S/C14H19NO4/c1-10(2)19-14(18)15(3)9-8-11-6-4-5-7-12(11)13(16)17/h4-7,10H,8-9H2,1-3H3,(H,16,17). The molecule has 1 rings (SSSR count). The van der Waals surface area contributed by atoms with E-state index in [1.807, 2.05) is 0 Å². The number of rotatable bonds is 5. The van der Waals surface area contributed by atoms with Gasteiger partial charge in [0.2, 0.25) is 0 Å². The van der Waals surface area contributed by atoms with Crippen LogP contribution in [0.15, 0.2) is 24.3 Å². The highest BCUT2D eigenvalue weighted by atomic mass is 16.6. The number of carboxylic acids is 1. The molecular weight excluding hydrogens is 246 g/mol. The van der Waals surface area contributed by atoms with E-state index in [2.05, 4.69) is 0 Å². The minimum absolute atomic E-state index is 0.166. The molecule has 0 fully saturated rings. The number of nitrogens with zero attached hydrogens (tertiary/aromatic N) is 1. The van der Waals surface area contributed by atoms with Gasteiger partial charge < -0.3 is 14.7 Å². The molecule has 0 aliphatic rings. The van der Waals surface area contributed by atoms with Crippen molar-refractivity contribution in [3.8, 4) is 0 Å². The van der Waals surface area contributed by atoms with Gasteiger partial charge in [-0.1, -0.05) is 18.2 Å². The molecule has 0 unspecified atom stereocenters. The van der Waals surface area contributed by atoms with Crippen LogP contribution in [0, 0.1) is 0 Å². The quantitative estimate of drug-likeness (QED) is 0.887. The maximum atomic E-state index is 11.6. The number of carbonyl (C=O) groups excluding carboxylic acids is 1. The fourth-order valence-electron chi connectivity index (χ4n) is 1.62. The maximum Gasteiger partial charge on any atom is 0.409 e. The second-order valence-electron chi connectivity index (χ2n) is 4.57. The number of aromatic carboxylic acids is 1. The third kappa shape index (κ3) is 4.62. The van der Waals surface area contributed by atoms with E-state index in [9.17, 15) is 9.59 Å². The fourth-order valence-corrected chi connectivity index (χ4v) is 1.62. The average molecular weight is 265 g/mol. The highest BCUT2D eigenvalue weighted by Gasteiger charge is 2.14. The molecule has 5 heteroatoms. The molecule has 0 bridgehead atoms. The van der Waals surface area contributed by atoms with Crippen LogP contribution in [0.25, 0.3) is 0 Å². The van der Waals surface area contributed by atoms with Crippen molar-refractivity contribution >= 4 is 12.1 Å². The Morgan fingerprint density at radius 2 is 1.95 bits per heavy atom. The molecule has 0 saturated carbocycles. The summed E-state index contributed by atoms with van der Waals surface area (Å²) in [4.78, 5) is 24.1. The first kappa shape index (κ1) is 15.0. The Hall–Kier alpha value is -2.04. The van der Waals surface area contributed by atoms with Gasteiger partial charge in [-0.25, -0.2) is 9.59 Å². The van der Waals surface area contributed by atoms with E-state index >= 15 is 0 Å². The molecule has 0 heterocycles. The Bertz CT molecular complexity index is 457. The lowest BCUT2D eigenvalue weighted by Crippen LogP contribution is -2.31. The highest BCUT2D eigenvalue weighted by Crippen LogP contribution is 2.10. The molecule has 0 saturated heterocycles. The minimum Gasteiger partial charge on any atom is -0.478 e. The van der Waals surface area contributed by atoms with Crippen LogP contribution in [0.2, 0.25) is 0 Å². The molecule has 5 nitrogen and oxygen atoms in total. The van der Waals surface area contributed by atoms with Gasteiger partial charge in [0.05, 0.1) is 11.7 Å². The van der Waals surface area contributed by atoms with Crippen LogP contribution in [0.4, 0.5) is 4.79 Å². The molecule has 1 amide bonds. The summed E-state index contributed by atoms with van der Waals surface area (Å²) in [5.74, 6) is -0.956. The second-order valence-corrected chi connectivity index (χ2v) is 4.57. The maximum absolute atomic E-state index is 11.6. The highest BCUT2D eigenvalue weighted by molar-refractivity contribution is 5.89. The first-order valence-electron chi connectivity index (χ1n) is 6.14. The molecule has 104 valence electrons. The smallest absolute Gasteiger partial charge is 0.409 e. The normalized spacial score (nSPS) is 10.3. The number of amides is 1. The molecule has 1 aromatic carbocycles. The fraction of sp³-hybridized carbons (Fsp3) is 0.429. The van der Waals surface area contributed by atoms with Crippen molar-refractivity contribution in [1.82, 2.24) is 4.90 Å². The lowest BCUT2D eigenvalue weighted by atomic mass is 10.0. The van der Waals surface area contributed by atoms with Gasteiger partial charge in [0.25, 0.3) is 0 Å². The Labute approximate surface area is 112 Å². The van der Waals surface area contributed by atoms with Gasteiger partial charge in [-0.2, -0.15) is 0 Å². The minimum atomic E-state index is -0.956. The molecule has 0 spiro atoms. The van der Waals surface area contributed by atoms with Gasteiger partial charge in [0.1, 0.15) is 0 Å².